The number of imide groups is 2. The lowest BCUT2D eigenvalue weighted by Crippen LogP contribution is -2.51. The molecule has 5 aliphatic rings. The number of aromatic hydroxyl groups is 1. The van der Waals surface area contributed by atoms with Gasteiger partial charge in [-0.25, -0.2) is 9.29 Å². The minimum atomic E-state index is -1.34. The van der Waals surface area contributed by atoms with Crippen LogP contribution in [0.3, 0.4) is 0 Å². The topological polar surface area (TPSA) is 121 Å². The highest BCUT2D eigenvalue weighted by Gasteiger charge is 2.68. The Morgan fingerprint density at radius 2 is 1.57 bits per heavy atom. The Hall–Kier alpha value is -5.87. The number of carbonyl (C=O) groups excluding carboxylic acids is 5. The first-order valence-electron chi connectivity index (χ1n) is 17.8. The van der Waals surface area contributed by atoms with Crippen LogP contribution in [0.15, 0.2) is 114 Å². The van der Waals surface area contributed by atoms with Gasteiger partial charge in [-0.1, -0.05) is 53.6 Å². The quantitative estimate of drug-likeness (QED) is 0.130. The number of fused-ring (bicyclic) bond motifs is 5. The van der Waals surface area contributed by atoms with E-state index in [-0.39, 0.29) is 41.0 Å². The van der Waals surface area contributed by atoms with E-state index in [2.05, 4.69) is 0 Å². The Labute approximate surface area is 314 Å². The number of hydrogen-bond acceptors (Lipinski definition) is 7. The highest BCUT2D eigenvalue weighted by molar-refractivity contribution is 6.32. The molecule has 11 heteroatoms. The van der Waals surface area contributed by atoms with Crippen LogP contribution in [0.2, 0.25) is 5.02 Å². The molecular weight excluding hydrogens is 711 g/mol. The molecule has 6 atom stereocenters. The fourth-order valence-electron chi connectivity index (χ4n) is 9.49. The first kappa shape index (κ1) is 33.9. The standard InChI is InChI=1S/C43H32ClFN2O7/c1-43-32(40(51)47(42(43)53)27-11-15-34(45)33(44)19-27)20-31-29(37(43)25-17-24-18-28(48)12-16-35(24)54-21-25)13-14-30-36(31)41(52)46(39(30)50)26-9-7-23(8-10-26)38(49)22-5-3-2-4-6-22/h2-13,15-16,18-19,21,30-32,36-37,48H,14,17,20H2,1H3/t30-,31+,32-,36-,37-,43+/m0/s1. The van der Waals surface area contributed by atoms with Crippen molar-refractivity contribution in [3.05, 3.63) is 142 Å². The second-order valence-corrected chi connectivity index (χ2v) is 15.2. The molecule has 0 radical (unpaired) electrons. The number of ether oxygens (including phenoxy) is 1. The lowest BCUT2D eigenvalue weighted by molar-refractivity contribution is -0.132. The summed E-state index contributed by atoms with van der Waals surface area (Å²) in [6.45, 7) is 1.75. The highest BCUT2D eigenvalue weighted by atomic mass is 35.5. The molecule has 4 aromatic carbocycles. The fourth-order valence-corrected chi connectivity index (χ4v) is 9.66. The molecule has 4 aromatic rings. The Balaban J connectivity index is 1.10. The van der Waals surface area contributed by atoms with Gasteiger partial charge in [-0.3, -0.25) is 28.9 Å². The zero-order valence-electron chi connectivity index (χ0n) is 28.9. The van der Waals surface area contributed by atoms with Gasteiger partial charge in [-0.2, -0.15) is 0 Å². The van der Waals surface area contributed by atoms with Crippen molar-refractivity contribution in [2.45, 2.75) is 26.2 Å². The van der Waals surface area contributed by atoms with Crippen LogP contribution >= 0.6 is 11.6 Å². The van der Waals surface area contributed by atoms with Crippen molar-refractivity contribution in [3.63, 3.8) is 0 Å². The molecule has 270 valence electrons. The minimum Gasteiger partial charge on any atom is -0.508 e. The minimum absolute atomic E-state index is 0.0445. The predicted molar refractivity (Wildman–Crippen MR) is 196 cm³/mol. The van der Waals surface area contributed by atoms with Gasteiger partial charge >= 0.3 is 0 Å². The van der Waals surface area contributed by atoms with E-state index < -0.39 is 58.5 Å². The largest absolute Gasteiger partial charge is 0.508 e. The molecule has 1 N–H and O–H groups in total. The van der Waals surface area contributed by atoms with Crippen molar-refractivity contribution < 1.29 is 38.2 Å². The van der Waals surface area contributed by atoms with Gasteiger partial charge in [0.1, 0.15) is 17.3 Å². The van der Waals surface area contributed by atoms with Crippen molar-refractivity contribution in [3.8, 4) is 11.5 Å². The summed E-state index contributed by atoms with van der Waals surface area (Å²) in [5.74, 6) is -5.77. The normalized spacial score (nSPS) is 27.1. The predicted octanol–water partition coefficient (Wildman–Crippen LogP) is 7.20. The lowest BCUT2D eigenvalue weighted by atomic mass is 9.51. The number of amides is 4. The molecule has 54 heavy (non-hydrogen) atoms. The molecule has 3 heterocycles. The smallest absolute Gasteiger partial charge is 0.241 e. The average molecular weight is 743 g/mol. The van der Waals surface area contributed by atoms with Crippen LogP contribution in [-0.2, 0) is 25.6 Å². The highest BCUT2D eigenvalue weighted by Crippen LogP contribution is 2.63. The molecule has 4 amide bonds. The maximum absolute atomic E-state index is 14.7. The number of allylic oxidation sites excluding steroid dienone is 3. The van der Waals surface area contributed by atoms with Crippen LogP contribution in [0.1, 0.15) is 41.3 Å². The molecule has 9 rings (SSSR count). The number of phenols is 1. The molecule has 2 saturated heterocycles. The summed E-state index contributed by atoms with van der Waals surface area (Å²) in [5, 5.41) is 10.1. The van der Waals surface area contributed by atoms with Gasteiger partial charge in [0.2, 0.25) is 23.6 Å². The zero-order chi connectivity index (χ0) is 37.6. The number of rotatable bonds is 5. The van der Waals surface area contributed by atoms with Crippen molar-refractivity contribution in [1.82, 2.24) is 0 Å². The molecule has 0 bridgehead atoms. The van der Waals surface area contributed by atoms with Crippen LogP contribution in [0.4, 0.5) is 15.8 Å². The first-order chi connectivity index (χ1) is 26.0. The van der Waals surface area contributed by atoms with Gasteiger partial charge in [0.25, 0.3) is 0 Å². The Morgan fingerprint density at radius 1 is 0.852 bits per heavy atom. The van der Waals surface area contributed by atoms with Gasteiger partial charge in [0.15, 0.2) is 5.78 Å². The molecule has 3 aliphatic heterocycles. The van der Waals surface area contributed by atoms with Gasteiger partial charge in [0, 0.05) is 29.0 Å². The Kier molecular flexibility index (Phi) is 7.76. The monoisotopic (exact) mass is 742 g/mol. The van der Waals surface area contributed by atoms with E-state index in [9.17, 15) is 33.5 Å². The third-order valence-corrected chi connectivity index (χ3v) is 12.3. The van der Waals surface area contributed by atoms with E-state index >= 15 is 0 Å². The summed E-state index contributed by atoms with van der Waals surface area (Å²) in [6, 6.07) is 23.7. The van der Waals surface area contributed by atoms with Crippen molar-refractivity contribution in [1.29, 1.82) is 0 Å². The molecule has 2 aliphatic carbocycles. The van der Waals surface area contributed by atoms with Crippen LogP contribution < -0.4 is 14.5 Å². The van der Waals surface area contributed by atoms with Crippen LogP contribution in [0.25, 0.3) is 0 Å². The van der Waals surface area contributed by atoms with Crippen molar-refractivity contribution in [2.24, 2.45) is 35.0 Å². The molecule has 9 nitrogen and oxygen atoms in total. The number of anilines is 2. The molecule has 0 aromatic heterocycles. The second-order valence-electron chi connectivity index (χ2n) is 14.8. The van der Waals surface area contributed by atoms with E-state index in [1.807, 2.05) is 12.1 Å². The van der Waals surface area contributed by atoms with E-state index in [0.29, 0.717) is 40.1 Å². The maximum atomic E-state index is 14.7. The Bertz CT molecular complexity index is 2390. The first-order valence-corrected chi connectivity index (χ1v) is 18.1. The number of phenolic OH excluding ortho intramolecular Hbond substituents is 1. The second kappa shape index (κ2) is 12.3. The summed E-state index contributed by atoms with van der Waals surface area (Å²) in [6.07, 6.45) is 4.19. The van der Waals surface area contributed by atoms with E-state index in [0.717, 1.165) is 16.5 Å². The van der Waals surface area contributed by atoms with E-state index in [1.54, 1.807) is 73.8 Å². The summed E-state index contributed by atoms with van der Waals surface area (Å²) < 4.78 is 20.3. The number of halogens is 2. The molecule has 3 fully saturated rings. The van der Waals surface area contributed by atoms with Gasteiger partial charge in [0.05, 0.1) is 45.8 Å². The maximum Gasteiger partial charge on any atom is 0.241 e. The number of carbonyl (C=O) groups is 5. The van der Waals surface area contributed by atoms with Crippen LogP contribution in [-0.4, -0.2) is 34.5 Å². The van der Waals surface area contributed by atoms with Gasteiger partial charge in [-0.05, 0) is 91.9 Å². The van der Waals surface area contributed by atoms with E-state index in [4.69, 9.17) is 16.3 Å². The summed E-state index contributed by atoms with van der Waals surface area (Å²) in [5.41, 5.74) is 2.21. The summed E-state index contributed by atoms with van der Waals surface area (Å²) >= 11 is 6.12. The number of ketones is 1. The summed E-state index contributed by atoms with van der Waals surface area (Å²) in [7, 11) is 0. The van der Waals surface area contributed by atoms with Crippen molar-refractivity contribution >= 4 is 52.4 Å². The lowest BCUT2D eigenvalue weighted by Gasteiger charge is -2.49. The van der Waals surface area contributed by atoms with Crippen LogP contribution in [0, 0.1) is 40.8 Å². The third-order valence-electron chi connectivity index (χ3n) is 12.0. The number of hydrogen-bond donors (Lipinski definition) is 1. The number of nitrogens with zero attached hydrogens (tertiary/aromatic N) is 2. The Morgan fingerprint density at radius 3 is 2.31 bits per heavy atom. The molecule has 0 spiro atoms. The average Bonchev–Trinajstić information content (AvgIpc) is 3.55. The van der Waals surface area contributed by atoms with Crippen LogP contribution in [0.5, 0.6) is 11.5 Å². The molecular formula is C43H32ClFN2O7. The fraction of sp³-hybridized carbons (Fsp3) is 0.233. The molecule has 0 unspecified atom stereocenters. The van der Waals surface area contributed by atoms with E-state index in [1.165, 1.54) is 23.1 Å². The third kappa shape index (κ3) is 4.92. The zero-order valence-corrected chi connectivity index (χ0v) is 29.6. The number of benzene rings is 4. The molecule has 1 saturated carbocycles. The SMILES string of the molecule is C[C@@]12C(=O)N(c3ccc(F)c(Cl)c3)C(=O)[C@@H]1C[C@@H]1C(=CC[C@@H]3C(=O)N(c4ccc(C(=O)c5ccccc5)cc4)C(=O)[C@@H]31)[C@@H]2C1=COc2ccc(O)cc2C1. The van der Waals surface area contributed by atoms with Crippen molar-refractivity contribution in [2.75, 3.05) is 9.80 Å². The summed E-state index contributed by atoms with van der Waals surface area (Å²) in [4.78, 5) is 73.2. The van der Waals surface area contributed by atoms with Gasteiger partial charge < -0.3 is 9.84 Å². The van der Waals surface area contributed by atoms with Gasteiger partial charge in [-0.15, -0.1) is 0 Å².